The number of urea groups is 1. The summed E-state index contributed by atoms with van der Waals surface area (Å²) in [5.41, 5.74) is 2.80. The predicted molar refractivity (Wildman–Crippen MR) is 115 cm³/mol. The Morgan fingerprint density at radius 3 is 2.70 bits per heavy atom. The van der Waals surface area contributed by atoms with E-state index < -0.39 is 0 Å². The van der Waals surface area contributed by atoms with Crippen LogP contribution in [0.15, 0.2) is 24.5 Å². The summed E-state index contributed by atoms with van der Waals surface area (Å²) in [4.78, 5) is 27.8. The first-order valence-corrected chi connectivity index (χ1v) is 10.7. The lowest BCUT2D eigenvalue weighted by atomic mass is 9.90. The maximum atomic E-state index is 12.2. The Balaban J connectivity index is 1.42. The average molecular weight is 414 g/mol. The van der Waals surface area contributed by atoms with Crippen LogP contribution >= 0.6 is 0 Å². The van der Waals surface area contributed by atoms with Gasteiger partial charge in [-0.15, -0.1) is 0 Å². The number of piperidine rings is 1. The summed E-state index contributed by atoms with van der Waals surface area (Å²) in [5, 5.41) is 6.76. The number of nitrogens with zero attached hydrogens (tertiary/aromatic N) is 4. The van der Waals surface area contributed by atoms with Crippen LogP contribution in [0, 0.1) is 5.92 Å². The third-order valence-corrected chi connectivity index (χ3v) is 6.30. The van der Waals surface area contributed by atoms with E-state index in [4.69, 9.17) is 4.74 Å². The Hall–Kier alpha value is -2.45. The van der Waals surface area contributed by atoms with Gasteiger partial charge in [0.05, 0.1) is 23.0 Å². The van der Waals surface area contributed by atoms with E-state index in [1.807, 2.05) is 6.20 Å². The van der Waals surface area contributed by atoms with Crippen molar-refractivity contribution < 1.29 is 14.3 Å². The zero-order valence-corrected chi connectivity index (χ0v) is 18.1. The molecule has 8 nitrogen and oxygen atoms in total. The third kappa shape index (κ3) is 4.49. The van der Waals surface area contributed by atoms with Gasteiger partial charge in [0.25, 0.3) is 0 Å². The molecule has 0 aromatic carbocycles. The molecule has 2 aliphatic rings. The number of anilines is 1. The molecule has 4 heterocycles. The number of aromatic nitrogens is 2. The van der Waals surface area contributed by atoms with Gasteiger partial charge in [-0.25, -0.2) is 9.31 Å². The van der Waals surface area contributed by atoms with E-state index >= 15 is 0 Å². The number of methoxy groups -OCH3 is 1. The van der Waals surface area contributed by atoms with E-state index in [1.54, 1.807) is 22.7 Å². The van der Waals surface area contributed by atoms with Crippen molar-refractivity contribution in [1.82, 2.24) is 19.8 Å². The van der Waals surface area contributed by atoms with Crippen molar-refractivity contribution in [3.8, 4) is 0 Å². The minimum absolute atomic E-state index is 0.109. The fraction of sp³-hybridized carbons (Fsp3) is 0.591. The maximum Gasteiger partial charge on any atom is 0.328 e. The molecule has 0 spiro atoms. The first-order valence-electron chi connectivity index (χ1n) is 10.7. The van der Waals surface area contributed by atoms with Gasteiger partial charge in [0, 0.05) is 32.8 Å². The number of amides is 3. The molecule has 1 N–H and O–H groups in total. The van der Waals surface area contributed by atoms with Gasteiger partial charge in [-0.2, -0.15) is 5.10 Å². The predicted octanol–water partition coefficient (Wildman–Crippen LogP) is 2.46. The van der Waals surface area contributed by atoms with Crippen molar-refractivity contribution in [2.45, 2.75) is 45.1 Å². The number of rotatable bonds is 6. The number of hydrogen-bond acceptors (Lipinski definition) is 5. The van der Waals surface area contributed by atoms with E-state index in [2.05, 4.69) is 41.3 Å². The summed E-state index contributed by atoms with van der Waals surface area (Å²) in [6.07, 6.45) is 7.33. The highest BCUT2D eigenvalue weighted by Crippen LogP contribution is 2.27. The van der Waals surface area contributed by atoms with Gasteiger partial charge >= 0.3 is 6.03 Å². The lowest BCUT2D eigenvalue weighted by Crippen LogP contribution is -2.49. The summed E-state index contributed by atoms with van der Waals surface area (Å²) < 4.78 is 7.36. The van der Waals surface area contributed by atoms with E-state index in [9.17, 15) is 9.59 Å². The highest BCUT2D eigenvalue weighted by Gasteiger charge is 2.28. The largest absolute Gasteiger partial charge is 0.377 e. The van der Waals surface area contributed by atoms with Gasteiger partial charge in [-0.3, -0.25) is 15.0 Å². The van der Waals surface area contributed by atoms with Gasteiger partial charge in [0.15, 0.2) is 0 Å². The summed E-state index contributed by atoms with van der Waals surface area (Å²) in [6.45, 7) is 7.81. The quantitative estimate of drug-likeness (QED) is 0.787. The molecule has 0 saturated carbocycles. The molecule has 2 aromatic heterocycles. The van der Waals surface area contributed by atoms with Crippen molar-refractivity contribution in [2.24, 2.45) is 5.92 Å². The molecule has 0 aliphatic carbocycles. The molecule has 8 heteroatoms. The van der Waals surface area contributed by atoms with Crippen LogP contribution in [0.2, 0.25) is 0 Å². The molecule has 2 fully saturated rings. The number of imide groups is 1. The van der Waals surface area contributed by atoms with Crippen LogP contribution in [0.3, 0.4) is 0 Å². The van der Waals surface area contributed by atoms with Crippen LogP contribution in [0.1, 0.15) is 38.7 Å². The fourth-order valence-corrected chi connectivity index (χ4v) is 4.43. The van der Waals surface area contributed by atoms with E-state index in [0.29, 0.717) is 18.9 Å². The minimum atomic E-state index is -0.377. The van der Waals surface area contributed by atoms with Crippen LogP contribution in [0.4, 0.5) is 10.5 Å². The third-order valence-electron chi connectivity index (χ3n) is 6.30. The fourth-order valence-electron chi connectivity index (χ4n) is 4.43. The van der Waals surface area contributed by atoms with Crippen molar-refractivity contribution in [3.05, 3.63) is 30.1 Å². The standard InChI is InChI=1S/C22H31N5O3/c1-22(2,30-3)15-25-8-4-16(5-9-25)12-17-6-11-27-18(13-17)19(14-23-27)26-10-7-20(28)24-21(26)29/h6,11,13-14,16H,4-5,7-10,12,15H2,1-3H3,(H,24,28,29). The molecule has 30 heavy (non-hydrogen) atoms. The summed E-state index contributed by atoms with van der Waals surface area (Å²) >= 11 is 0. The Kier molecular flexibility index (Phi) is 5.79. The molecular formula is C22H31N5O3. The van der Waals surface area contributed by atoms with Crippen LogP contribution < -0.4 is 10.2 Å². The van der Waals surface area contributed by atoms with Crippen LogP contribution in [0.25, 0.3) is 5.52 Å². The number of ether oxygens (including phenoxy) is 1. The topological polar surface area (TPSA) is 79.2 Å². The van der Waals surface area contributed by atoms with Crippen LogP contribution in [0.5, 0.6) is 0 Å². The van der Waals surface area contributed by atoms with Crippen molar-refractivity contribution in [3.63, 3.8) is 0 Å². The molecule has 4 rings (SSSR count). The SMILES string of the molecule is COC(C)(C)CN1CCC(Cc2ccn3ncc(N4CCC(=O)NC4=O)c3c2)CC1. The molecule has 0 radical (unpaired) electrons. The first-order chi connectivity index (χ1) is 14.3. The Labute approximate surface area is 177 Å². The zero-order valence-electron chi connectivity index (χ0n) is 18.1. The number of carbonyl (C=O) groups is 2. The van der Waals surface area contributed by atoms with Crippen molar-refractivity contribution in [1.29, 1.82) is 0 Å². The second-order valence-electron chi connectivity index (χ2n) is 9.04. The van der Waals surface area contributed by atoms with Crippen molar-refractivity contribution >= 4 is 23.1 Å². The number of fused-ring (bicyclic) bond motifs is 1. The van der Waals surface area contributed by atoms with Crippen LogP contribution in [-0.2, 0) is 16.0 Å². The molecule has 0 atom stereocenters. The highest BCUT2D eigenvalue weighted by molar-refractivity contribution is 6.07. The van der Waals surface area contributed by atoms with Gasteiger partial charge < -0.3 is 9.64 Å². The number of hydrogen-bond donors (Lipinski definition) is 1. The summed E-state index contributed by atoms with van der Waals surface area (Å²) in [5.74, 6) is 0.422. The molecule has 0 unspecified atom stereocenters. The number of likely N-dealkylation sites (tertiary alicyclic amines) is 1. The number of nitrogens with one attached hydrogen (secondary N) is 1. The normalized spacial score (nSPS) is 19.5. The Morgan fingerprint density at radius 2 is 2.00 bits per heavy atom. The van der Waals surface area contributed by atoms with E-state index in [-0.39, 0.29) is 17.5 Å². The molecule has 3 amide bonds. The zero-order chi connectivity index (χ0) is 21.3. The Morgan fingerprint density at radius 1 is 1.23 bits per heavy atom. The summed E-state index contributed by atoms with van der Waals surface area (Å²) in [7, 11) is 1.78. The van der Waals surface area contributed by atoms with Crippen LogP contribution in [-0.4, -0.2) is 65.3 Å². The monoisotopic (exact) mass is 413 g/mol. The average Bonchev–Trinajstić information content (AvgIpc) is 3.12. The molecule has 2 aromatic rings. The van der Waals surface area contributed by atoms with Gasteiger partial charge in [0.2, 0.25) is 5.91 Å². The lowest BCUT2D eigenvalue weighted by Gasteiger charge is -2.36. The Bertz CT molecular complexity index is 930. The van der Waals surface area contributed by atoms with Gasteiger partial charge in [-0.05, 0) is 69.8 Å². The first kappa shape index (κ1) is 20.8. The van der Waals surface area contributed by atoms with E-state index in [0.717, 1.165) is 37.3 Å². The minimum Gasteiger partial charge on any atom is -0.377 e. The molecule has 2 saturated heterocycles. The number of carbonyl (C=O) groups excluding carboxylic acids is 2. The molecule has 0 bridgehead atoms. The molecule has 162 valence electrons. The molecular weight excluding hydrogens is 382 g/mol. The molecule has 2 aliphatic heterocycles. The summed E-state index contributed by atoms with van der Waals surface area (Å²) in [6, 6.07) is 3.87. The maximum absolute atomic E-state index is 12.2. The lowest BCUT2D eigenvalue weighted by molar-refractivity contribution is -0.120. The highest BCUT2D eigenvalue weighted by atomic mass is 16.5. The van der Waals surface area contributed by atoms with Gasteiger partial charge in [-0.1, -0.05) is 0 Å². The second kappa shape index (κ2) is 8.35. The second-order valence-corrected chi connectivity index (χ2v) is 9.04. The van der Waals surface area contributed by atoms with Crippen molar-refractivity contribution in [2.75, 3.05) is 38.2 Å². The number of pyridine rings is 1. The van der Waals surface area contributed by atoms with E-state index in [1.165, 1.54) is 18.4 Å². The van der Waals surface area contributed by atoms with Gasteiger partial charge in [0.1, 0.15) is 0 Å². The smallest absolute Gasteiger partial charge is 0.328 e.